The number of amides is 2. The second kappa shape index (κ2) is 8.97. The minimum absolute atomic E-state index is 0. The molecular weight excluding hydrogens is 388 g/mol. The summed E-state index contributed by atoms with van der Waals surface area (Å²) in [4.78, 5) is 26.5. The van der Waals surface area contributed by atoms with Gasteiger partial charge in [0, 0.05) is 47.5 Å². The number of hydrogen-bond donors (Lipinski definition) is 2. The molecule has 146 valence electrons. The molecule has 2 N–H and O–H groups in total. The Labute approximate surface area is 168 Å². The molecule has 9 heteroatoms. The zero-order valence-electron chi connectivity index (χ0n) is 14.8. The first-order valence-corrected chi connectivity index (χ1v) is 9.92. The molecule has 0 spiro atoms. The molecule has 1 atom stereocenters. The van der Waals surface area contributed by atoms with Crippen molar-refractivity contribution in [3.63, 3.8) is 0 Å². The van der Waals surface area contributed by atoms with Gasteiger partial charge in [-0.05, 0) is 24.3 Å². The molecule has 4 rings (SSSR count). The fraction of sp³-hybridized carbons (Fsp3) is 0.444. The molecule has 0 bridgehead atoms. The highest BCUT2D eigenvalue weighted by molar-refractivity contribution is 7.99. The quantitative estimate of drug-likeness (QED) is 0.799. The second-order valence-corrected chi connectivity index (χ2v) is 7.50. The van der Waals surface area contributed by atoms with E-state index in [1.807, 2.05) is 39.9 Å². The van der Waals surface area contributed by atoms with Crippen molar-refractivity contribution < 1.29 is 14.3 Å². The Morgan fingerprint density at radius 3 is 2.81 bits per heavy atom. The van der Waals surface area contributed by atoms with E-state index in [0.717, 1.165) is 28.2 Å². The minimum Gasteiger partial charge on any atom is -0.378 e. The van der Waals surface area contributed by atoms with Crippen LogP contribution in [0.15, 0.2) is 30.5 Å². The molecule has 3 heterocycles. The lowest BCUT2D eigenvalue weighted by atomic mass is 10.2. The number of thioether (sulfide) groups is 1. The van der Waals surface area contributed by atoms with Crippen molar-refractivity contribution in [2.24, 2.45) is 0 Å². The normalized spacial score (nSPS) is 19.7. The van der Waals surface area contributed by atoms with Crippen LogP contribution in [-0.4, -0.2) is 65.3 Å². The van der Waals surface area contributed by atoms with Crippen molar-refractivity contribution in [3.8, 4) is 0 Å². The van der Waals surface area contributed by atoms with Crippen LogP contribution in [0.5, 0.6) is 0 Å². The summed E-state index contributed by atoms with van der Waals surface area (Å²) in [6.45, 7) is 2.84. The van der Waals surface area contributed by atoms with Gasteiger partial charge < -0.3 is 19.5 Å². The number of carbonyl (C=O) groups excluding carboxylic acids is 2. The topological polar surface area (TPSA) is 75.6 Å². The number of halogens is 1. The average Bonchev–Trinajstić information content (AvgIpc) is 3.33. The molecular formula is C18H23ClN4O3S. The van der Waals surface area contributed by atoms with E-state index in [1.165, 1.54) is 0 Å². The van der Waals surface area contributed by atoms with Crippen molar-refractivity contribution in [2.45, 2.75) is 12.6 Å². The number of nitrogens with one attached hydrogen (secondary N) is 2. The first kappa shape index (κ1) is 20.0. The zero-order chi connectivity index (χ0) is 17.9. The van der Waals surface area contributed by atoms with E-state index < -0.39 is 0 Å². The van der Waals surface area contributed by atoms with Gasteiger partial charge in [-0.15, -0.1) is 24.2 Å². The molecule has 2 aliphatic heterocycles. The molecule has 2 fully saturated rings. The molecule has 1 unspecified atom stereocenters. The summed E-state index contributed by atoms with van der Waals surface area (Å²) >= 11 is 1.73. The van der Waals surface area contributed by atoms with Crippen molar-refractivity contribution in [2.75, 3.05) is 43.2 Å². The molecule has 0 radical (unpaired) electrons. The number of ether oxygens (including phenoxy) is 1. The number of carbonyl (C=O) groups is 2. The van der Waals surface area contributed by atoms with E-state index >= 15 is 0 Å². The molecule has 2 aromatic rings. The zero-order valence-corrected chi connectivity index (χ0v) is 16.5. The summed E-state index contributed by atoms with van der Waals surface area (Å²) in [7, 11) is 0. The van der Waals surface area contributed by atoms with E-state index in [4.69, 9.17) is 4.74 Å². The third-order valence-electron chi connectivity index (χ3n) is 4.74. The molecule has 0 aliphatic carbocycles. The Morgan fingerprint density at radius 2 is 2.07 bits per heavy atom. The van der Waals surface area contributed by atoms with Gasteiger partial charge in [-0.25, -0.2) is 0 Å². The Kier molecular flexibility index (Phi) is 6.64. The van der Waals surface area contributed by atoms with Crippen LogP contribution in [0.3, 0.4) is 0 Å². The van der Waals surface area contributed by atoms with E-state index in [9.17, 15) is 9.59 Å². The maximum absolute atomic E-state index is 12.5. The van der Waals surface area contributed by atoms with Gasteiger partial charge in [0.05, 0.1) is 19.3 Å². The molecule has 0 saturated carbocycles. The summed E-state index contributed by atoms with van der Waals surface area (Å²) in [6, 6.07) is 7.63. The van der Waals surface area contributed by atoms with E-state index in [2.05, 4.69) is 10.6 Å². The van der Waals surface area contributed by atoms with Crippen LogP contribution in [-0.2, 0) is 20.9 Å². The van der Waals surface area contributed by atoms with Gasteiger partial charge in [-0.1, -0.05) is 0 Å². The highest BCUT2D eigenvalue weighted by atomic mass is 35.5. The number of anilines is 1. The molecule has 7 nitrogen and oxygen atoms in total. The number of nitrogens with zero attached hydrogens (tertiary/aromatic N) is 2. The largest absolute Gasteiger partial charge is 0.378 e. The fourth-order valence-corrected chi connectivity index (χ4v) is 4.21. The van der Waals surface area contributed by atoms with E-state index in [0.29, 0.717) is 32.8 Å². The van der Waals surface area contributed by atoms with Crippen molar-refractivity contribution in [1.29, 1.82) is 0 Å². The van der Waals surface area contributed by atoms with Gasteiger partial charge in [-0.3, -0.25) is 14.9 Å². The van der Waals surface area contributed by atoms with Crippen LogP contribution >= 0.6 is 24.2 Å². The Balaban J connectivity index is 0.00000210. The summed E-state index contributed by atoms with van der Waals surface area (Å²) in [5.41, 5.74) is 1.76. The second-order valence-electron chi connectivity index (χ2n) is 6.47. The molecule has 1 aromatic carbocycles. The average molecular weight is 411 g/mol. The minimum atomic E-state index is -0.133. The predicted octanol–water partition coefficient (Wildman–Crippen LogP) is 1.52. The number of fused-ring (bicyclic) bond motifs is 1. The molecule has 27 heavy (non-hydrogen) atoms. The fourth-order valence-electron chi connectivity index (χ4n) is 3.27. The van der Waals surface area contributed by atoms with Gasteiger partial charge in [-0.2, -0.15) is 0 Å². The number of hydrogen-bond acceptors (Lipinski definition) is 5. The maximum Gasteiger partial charge on any atom is 0.242 e. The monoisotopic (exact) mass is 410 g/mol. The van der Waals surface area contributed by atoms with Gasteiger partial charge in [0.15, 0.2) is 0 Å². The Bertz CT molecular complexity index is 816. The third kappa shape index (κ3) is 4.57. The summed E-state index contributed by atoms with van der Waals surface area (Å²) in [5.74, 6) is 1.72. The first-order valence-electron chi connectivity index (χ1n) is 8.77. The van der Waals surface area contributed by atoms with Crippen LogP contribution in [0.2, 0.25) is 0 Å². The van der Waals surface area contributed by atoms with Gasteiger partial charge in [0.2, 0.25) is 11.8 Å². The summed E-state index contributed by atoms with van der Waals surface area (Å²) < 4.78 is 7.25. The van der Waals surface area contributed by atoms with Gasteiger partial charge >= 0.3 is 0 Å². The van der Waals surface area contributed by atoms with E-state index in [1.54, 1.807) is 11.8 Å². The van der Waals surface area contributed by atoms with Crippen molar-refractivity contribution >= 4 is 52.6 Å². The molecule has 2 saturated heterocycles. The standard InChI is InChI=1S/C18H22N4O3S.ClH/c23-17(21-5-7-25-8-6-21)10-22-4-3-13-9-14(1-2-16(13)22)20-18(24)15-11-26-12-19-15;/h1-4,9,15,19H,5-8,10-12H2,(H,20,24);1H. The Hall–Kier alpha value is -1.74. The summed E-state index contributed by atoms with van der Waals surface area (Å²) in [5, 5.41) is 7.14. The van der Waals surface area contributed by atoms with Gasteiger partial charge in [0.25, 0.3) is 0 Å². The lowest BCUT2D eigenvalue weighted by Gasteiger charge is -2.27. The number of morpholine rings is 1. The lowest BCUT2D eigenvalue weighted by Crippen LogP contribution is -2.42. The molecule has 2 amide bonds. The highest BCUT2D eigenvalue weighted by Crippen LogP contribution is 2.21. The number of aromatic nitrogens is 1. The first-order chi connectivity index (χ1) is 12.7. The van der Waals surface area contributed by atoms with Gasteiger partial charge in [0.1, 0.15) is 6.54 Å². The maximum atomic E-state index is 12.5. The smallest absolute Gasteiger partial charge is 0.242 e. The Morgan fingerprint density at radius 1 is 1.26 bits per heavy atom. The molecule has 2 aliphatic rings. The van der Waals surface area contributed by atoms with Crippen LogP contribution in [0.4, 0.5) is 5.69 Å². The molecule has 1 aromatic heterocycles. The predicted molar refractivity (Wildman–Crippen MR) is 109 cm³/mol. The number of rotatable bonds is 4. The lowest BCUT2D eigenvalue weighted by molar-refractivity contribution is -0.135. The SMILES string of the molecule is Cl.O=C(Nc1ccc2c(ccn2CC(=O)N2CCOCC2)c1)C1CSCN1. The number of benzene rings is 1. The van der Waals surface area contributed by atoms with Crippen LogP contribution in [0, 0.1) is 0 Å². The third-order valence-corrected chi connectivity index (χ3v) is 5.68. The summed E-state index contributed by atoms with van der Waals surface area (Å²) in [6.07, 6.45) is 1.92. The highest BCUT2D eigenvalue weighted by Gasteiger charge is 2.22. The van der Waals surface area contributed by atoms with Crippen LogP contribution in [0.25, 0.3) is 10.9 Å². The van der Waals surface area contributed by atoms with Crippen LogP contribution < -0.4 is 10.6 Å². The van der Waals surface area contributed by atoms with Crippen molar-refractivity contribution in [1.82, 2.24) is 14.8 Å². The van der Waals surface area contributed by atoms with E-state index in [-0.39, 0.29) is 30.3 Å². The van der Waals surface area contributed by atoms with Crippen LogP contribution in [0.1, 0.15) is 0 Å². The van der Waals surface area contributed by atoms with Crippen molar-refractivity contribution in [3.05, 3.63) is 30.5 Å².